The van der Waals surface area contributed by atoms with Crippen molar-refractivity contribution < 1.29 is 9.18 Å². The highest BCUT2D eigenvalue weighted by molar-refractivity contribution is 5.81. The summed E-state index contributed by atoms with van der Waals surface area (Å²) in [6, 6.07) is 17.1. The zero-order chi connectivity index (χ0) is 23.7. The SMILES string of the molecule is CC(C)CN(Cc1nn(-c2ccccc2)c2c1CN(Cc1cccc(F)c1)CC2)C(=O)C1CC1. The summed E-state index contributed by atoms with van der Waals surface area (Å²) in [5, 5.41) is 5.06. The van der Waals surface area contributed by atoms with Gasteiger partial charge in [-0.25, -0.2) is 9.07 Å². The molecule has 0 radical (unpaired) electrons. The van der Waals surface area contributed by atoms with Gasteiger partial charge in [0.05, 0.1) is 23.6 Å². The molecule has 0 saturated heterocycles. The summed E-state index contributed by atoms with van der Waals surface area (Å²) >= 11 is 0. The minimum Gasteiger partial charge on any atom is -0.336 e. The van der Waals surface area contributed by atoms with Gasteiger partial charge in [-0.2, -0.15) is 5.10 Å². The number of carbonyl (C=O) groups is 1. The van der Waals surface area contributed by atoms with E-state index >= 15 is 0 Å². The number of nitrogens with zero attached hydrogens (tertiary/aromatic N) is 4. The molecule has 34 heavy (non-hydrogen) atoms. The molecule has 5 rings (SSSR count). The Hall–Kier alpha value is -2.99. The summed E-state index contributed by atoms with van der Waals surface area (Å²) in [6.07, 6.45) is 2.88. The zero-order valence-corrected chi connectivity index (χ0v) is 20.1. The molecule has 1 fully saturated rings. The summed E-state index contributed by atoms with van der Waals surface area (Å²) < 4.78 is 15.8. The Labute approximate surface area is 201 Å². The highest BCUT2D eigenvalue weighted by Crippen LogP contribution is 2.33. The first-order valence-corrected chi connectivity index (χ1v) is 12.4. The molecule has 0 bridgehead atoms. The number of amides is 1. The van der Waals surface area contributed by atoms with Gasteiger partial charge in [-0.15, -0.1) is 0 Å². The maximum atomic E-state index is 13.7. The Kier molecular flexibility index (Phi) is 6.50. The normalized spacial score (nSPS) is 16.0. The molecule has 1 aliphatic heterocycles. The van der Waals surface area contributed by atoms with Crippen molar-refractivity contribution in [2.45, 2.75) is 52.7 Å². The third kappa shape index (κ3) is 5.07. The van der Waals surface area contributed by atoms with Crippen molar-refractivity contribution in [2.75, 3.05) is 13.1 Å². The van der Waals surface area contributed by atoms with Crippen molar-refractivity contribution in [1.82, 2.24) is 19.6 Å². The van der Waals surface area contributed by atoms with E-state index in [0.717, 1.165) is 55.8 Å². The third-order valence-electron chi connectivity index (χ3n) is 6.68. The van der Waals surface area contributed by atoms with Crippen LogP contribution in [0, 0.1) is 17.7 Å². The molecule has 2 aliphatic rings. The van der Waals surface area contributed by atoms with Crippen LogP contribution >= 0.6 is 0 Å². The molecule has 1 amide bonds. The maximum absolute atomic E-state index is 13.7. The van der Waals surface area contributed by atoms with E-state index < -0.39 is 0 Å². The molecule has 178 valence electrons. The molecule has 2 aromatic carbocycles. The number of para-hydroxylation sites is 1. The zero-order valence-electron chi connectivity index (χ0n) is 20.1. The Morgan fingerprint density at radius 2 is 1.94 bits per heavy atom. The van der Waals surface area contributed by atoms with E-state index in [9.17, 15) is 9.18 Å². The highest BCUT2D eigenvalue weighted by atomic mass is 19.1. The van der Waals surface area contributed by atoms with Crippen LogP contribution in [0.5, 0.6) is 0 Å². The van der Waals surface area contributed by atoms with Gasteiger partial charge in [0.25, 0.3) is 0 Å². The van der Waals surface area contributed by atoms with Crippen LogP contribution in [0.3, 0.4) is 0 Å². The van der Waals surface area contributed by atoms with Gasteiger partial charge >= 0.3 is 0 Å². The lowest BCUT2D eigenvalue weighted by atomic mass is 10.0. The number of halogens is 1. The molecule has 2 heterocycles. The van der Waals surface area contributed by atoms with Crippen molar-refractivity contribution in [3.8, 4) is 5.69 Å². The number of hydrogen-bond acceptors (Lipinski definition) is 3. The monoisotopic (exact) mass is 460 g/mol. The lowest BCUT2D eigenvalue weighted by Crippen LogP contribution is -2.36. The van der Waals surface area contributed by atoms with Gasteiger partial charge < -0.3 is 4.90 Å². The summed E-state index contributed by atoms with van der Waals surface area (Å²) in [6.45, 7) is 7.94. The average Bonchev–Trinajstić information content (AvgIpc) is 3.61. The number of carbonyl (C=O) groups excluding carboxylic acids is 1. The van der Waals surface area contributed by atoms with Gasteiger partial charge in [0.15, 0.2) is 0 Å². The van der Waals surface area contributed by atoms with E-state index in [1.807, 2.05) is 29.2 Å². The van der Waals surface area contributed by atoms with Crippen molar-refractivity contribution in [2.24, 2.45) is 11.8 Å². The van der Waals surface area contributed by atoms with Gasteiger partial charge in [0.2, 0.25) is 5.91 Å². The fourth-order valence-electron chi connectivity index (χ4n) is 4.92. The van der Waals surface area contributed by atoms with Crippen molar-refractivity contribution in [1.29, 1.82) is 0 Å². The number of rotatable bonds is 8. The largest absolute Gasteiger partial charge is 0.336 e. The molecule has 0 spiro atoms. The molecule has 0 atom stereocenters. The topological polar surface area (TPSA) is 41.4 Å². The second-order valence-corrected chi connectivity index (χ2v) is 10.1. The van der Waals surface area contributed by atoms with Crippen LogP contribution < -0.4 is 0 Å². The quantitative estimate of drug-likeness (QED) is 0.477. The van der Waals surface area contributed by atoms with Gasteiger partial charge in [-0.05, 0) is 48.6 Å². The third-order valence-corrected chi connectivity index (χ3v) is 6.68. The molecule has 6 heteroatoms. The first-order valence-electron chi connectivity index (χ1n) is 12.4. The molecule has 5 nitrogen and oxygen atoms in total. The number of benzene rings is 2. The van der Waals surface area contributed by atoms with Crippen LogP contribution in [-0.2, 0) is 30.8 Å². The predicted octanol–water partition coefficient (Wildman–Crippen LogP) is 4.96. The van der Waals surface area contributed by atoms with Crippen LogP contribution in [0.15, 0.2) is 54.6 Å². The van der Waals surface area contributed by atoms with Crippen LogP contribution in [0.1, 0.15) is 49.2 Å². The van der Waals surface area contributed by atoms with Crippen molar-refractivity contribution in [3.63, 3.8) is 0 Å². The van der Waals surface area contributed by atoms with E-state index in [-0.39, 0.29) is 17.6 Å². The number of hydrogen-bond donors (Lipinski definition) is 0. The second-order valence-electron chi connectivity index (χ2n) is 10.1. The van der Waals surface area contributed by atoms with E-state index in [0.29, 0.717) is 19.0 Å². The molecule has 1 aromatic heterocycles. The summed E-state index contributed by atoms with van der Waals surface area (Å²) in [7, 11) is 0. The van der Waals surface area contributed by atoms with Crippen LogP contribution in [0.2, 0.25) is 0 Å². The first kappa shape index (κ1) is 22.8. The van der Waals surface area contributed by atoms with Crippen LogP contribution in [0.4, 0.5) is 4.39 Å². The van der Waals surface area contributed by atoms with Crippen LogP contribution in [-0.4, -0.2) is 38.6 Å². The van der Waals surface area contributed by atoms with E-state index in [1.54, 1.807) is 12.1 Å². The smallest absolute Gasteiger partial charge is 0.226 e. The van der Waals surface area contributed by atoms with Gasteiger partial charge in [-0.3, -0.25) is 9.69 Å². The van der Waals surface area contributed by atoms with E-state index in [2.05, 4.69) is 35.6 Å². The minimum absolute atomic E-state index is 0.190. The van der Waals surface area contributed by atoms with E-state index in [1.165, 1.54) is 17.3 Å². The van der Waals surface area contributed by atoms with E-state index in [4.69, 9.17) is 5.10 Å². The molecular weight excluding hydrogens is 427 g/mol. The molecule has 3 aromatic rings. The Bertz CT molecular complexity index is 1150. The Balaban J connectivity index is 1.46. The molecule has 1 saturated carbocycles. The Morgan fingerprint density at radius 3 is 2.65 bits per heavy atom. The predicted molar refractivity (Wildman–Crippen MR) is 131 cm³/mol. The highest BCUT2D eigenvalue weighted by Gasteiger charge is 2.35. The second kappa shape index (κ2) is 9.71. The van der Waals surface area contributed by atoms with Gasteiger partial charge in [-0.1, -0.05) is 44.2 Å². The number of fused-ring (bicyclic) bond motifs is 1. The van der Waals surface area contributed by atoms with Crippen molar-refractivity contribution >= 4 is 5.91 Å². The first-order chi connectivity index (χ1) is 16.5. The molecule has 0 unspecified atom stereocenters. The lowest BCUT2D eigenvalue weighted by molar-refractivity contribution is -0.133. The maximum Gasteiger partial charge on any atom is 0.226 e. The standard InChI is InChI=1S/C28H33FN4O/c1-20(2)16-32(28(34)22-11-12-22)19-26-25-18-31(17-21-7-6-8-23(29)15-21)14-13-27(25)33(30-26)24-9-4-3-5-10-24/h3-10,15,20,22H,11-14,16-19H2,1-2H3. The van der Waals surface area contributed by atoms with Gasteiger partial charge in [0.1, 0.15) is 5.82 Å². The summed E-state index contributed by atoms with van der Waals surface area (Å²) in [5.74, 6) is 0.661. The summed E-state index contributed by atoms with van der Waals surface area (Å²) in [4.78, 5) is 17.4. The van der Waals surface area contributed by atoms with Gasteiger partial charge in [0, 0.05) is 44.1 Å². The van der Waals surface area contributed by atoms with Crippen LogP contribution in [0.25, 0.3) is 5.69 Å². The molecule has 0 N–H and O–H groups in total. The molecule has 1 aliphatic carbocycles. The minimum atomic E-state index is -0.198. The average molecular weight is 461 g/mol. The van der Waals surface area contributed by atoms with Crippen molar-refractivity contribution in [3.05, 3.63) is 82.9 Å². The fourth-order valence-corrected chi connectivity index (χ4v) is 4.92. The fraction of sp³-hybridized carbons (Fsp3) is 0.429. The molecular formula is C28H33FN4O. The Morgan fingerprint density at radius 1 is 1.15 bits per heavy atom. The lowest BCUT2D eigenvalue weighted by Gasteiger charge is -2.29. The number of aromatic nitrogens is 2. The summed E-state index contributed by atoms with van der Waals surface area (Å²) in [5.41, 5.74) is 5.44.